The van der Waals surface area contributed by atoms with Crippen molar-refractivity contribution in [2.24, 2.45) is 5.92 Å². The fraction of sp³-hybridized carbons (Fsp3) is 0.286. The first-order valence-electron chi connectivity index (χ1n) is 9.30. The SMILES string of the molecule is CSc1ccc(N2CC(C(=O)NCCc3nc4ccccc4[nH]3)CC2=O)cc1. The minimum Gasteiger partial charge on any atom is -0.355 e. The smallest absolute Gasteiger partial charge is 0.227 e. The summed E-state index contributed by atoms with van der Waals surface area (Å²) in [5.74, 6) is 0.449. The van der Waals surface area contributed by atoms with Gasteiger partial charge in [-0.2, -0.15) is 0 Å². The molecule has 28 heavy (non-hydrogen) atoms. The summed E-state index contributed by atoms with van der Waals surface area (Å²) >= 11 is 1.66. The molecule has 1 aliphatic rings. The number of nitrogens with one attached hydrogen (secondary N) is 2. The number of imidazole rings is 1. The van der Waals surface area contributed by atoms with Gasteiger partial charge in [-0.15, -0.1) is 11.8 Å². The first-order chi connectivity index (χ1) is 13.6. The van der Waals surface area contributed by atoms with Gasteiger partial charge in [-0.25, -0.2) is 4.98 Å². The number of para-hydroxylation sites is 2. The van der Waals surface area contributed by atoms with Crippen LogP contribution in [-0.4, -0.2) is 41.1 Å². The van der Waals surface area contributed by atoms with Crippen molar-refractivity contribution in [1.82, 2.24) is 15.3 Å². The van der Waals surface area contributed by atoms with Crippen molar-refractivity contribution in [3.8, 4) is 0 Å². The second kappa shape index (κ2) is 8.06. The van der Waals surface area contributed by atoms with Crippen LogP contribution in [0.4, 0.5) is 5.69 Å². The summed E-state index contributed by atoms with van der Waals surface area (Å²) in [5.41, 5.74) is 2.77. The maximum atomic E-state index is 12.5. The van der Waals surface area contributed by atoms with Gasteiger partial charge in [0.2, 0.25) is 11.8 Å². The van der Waals surface area contributed by atoms with Gasteiger partial charge in [0.1, 0.15) is 5.82 Å². The Kier molecular flexibility index (Phi) is 5.34. The van der Waals surface area contributed by atoms with Gasteiger partial charge in [0, 0.05) is 36.5 Å². The van der Waals surface area contributed by atoms with Crippen LogP contribution in [0.5, 0.6) is 0 Å². The molecule has 1 saturated heterocycles. The van der Waals surface area contributed by atoms with Crippen LogP contribution in [0.15, 0.2) is 53.4 Å². The number of aromatic nitrogens is 2. The Balaban J connectivity index is 1.31. The van der Waals surface area contributed by atoms with Gasteiger partial charge < -0.3 is 15.2 Å². The highest BCUT2D eigenvalue weighted by Gasteiger charge is 2.34. The number of thioether (sulfide) groups is 1. The molecule has 0 aliphatic carbocycles. The van der Waals surface area contributed by atoms with Gasteiger partial charge >= 0.3 is 0 Å². The van der Waals surface area contributed by atoms with Crippen LogP contribution in [0.3, 0.4) is 0 Å². The molecule has 3 aromatic rings. The summed E-state index contributed by atoms with van der Waals surface area (Å²) in [5, 5.41) is 2.95. The van der Waals surface area contributed by atoms with Gasteiger partial charge in [0.25, 0.3) is 0 Å². The van der Waals surface area contributed by atoms with E-state index in [9.17, 15) is 9.59 Å². The van der Waals surface area contributed by atoms with Gasteiger partial charge in [0.05, 0.1) is 17.0 Å². The van der Waals surface area contributed by atoms with Crippen molar-refractivity contribution in [3.63, 3.8) is 0 Å². The molecule has 2 N–H and O–H groups in total. The summed E-state index contributed by atoms with van der Waals surface area (Å²) in [6, 6.07) is 15.7. The molecule has 1 unspecified atom stereocenters. The minimum atomic E-state index is -0.316. The van der Waals surface area contributed by atoms with E-state index in [1.165, 1.54) is 0 Å². The van der Waals surface area contributed by atoms with E-state index in [1.54, 1.807) is 16.7 Å². The predicted octanol–water partition coefficient (Wildman–Crippen LogP) is 3.00. The number of hydrogen-bond acceptors (Lipinski definition) is 4. The number of carbonyl (C=O) groups excluding carboxylic acids is 2. The van der Waals surface area contributed by atoms with Crippen LogP contribution < -0.4 is 10.2 Å². The van der Waals surface area contributed by atoms with E-state index in [0.717, 1.165) is 27.4 Å². The molecule has 1 fully saturated rings. The molecule has 2 amide bonds. The fourth-order valence-corrected chi connectivity index (χ4v) is 3.88. The lowest BCUT2D eigenvalue weighted by atomic mass is 10.1. The van der Waals surface area contributed by atoms with Crippen molar-refractivity contribution in [2.75, 3.05) is 24.2 Å². The van der Waals surface area contributed by atoms with Crippen LogP contribution in [0.2, 0.25) is 0 Å². The molecule has 1 aliphatic heterocycles. The Labute approximate surface area is 167 Å². The van der Waals surface area contributed by atoms with Crippen LogP contribution in [0, 0.1) is 5.92 Å². The van der Waals surface area contributed by atoms with E-state index in [4.69, 9.17) is 0 Å². The van der Waals surface area contributed by atoms with Crippen LogP contribution >= 0.6 is 11.8 Å². The van der Waals surface area contributed by atoms with Gasteiger partial charge in [-0.1, -0.05) is 12.1 Å². The van der Waals surface area contributed by atoms with Gasteiger partial charge in [-0.3, -0.25) is 9.59 Å². The highest BCUT2D eigenvalue weighted by molar-refractivity contribution is 7.98. The third-order valence-electron chi connectivity index (χ3n) is 4.98. The zero-order valence-electron chi connectivity index (χ0n) is 15.6. The zero-order valence-corrected chi connectivity index (χ0v) is 16.5. The molecule has 2 heterocycles. The second-order valence-electron chi connectivity index (χ2n) is 6.85. The number of carbonyl (C=O) groups is 2. The number of benzene rings is 2. The van der Waals surface area contributed by atoms with Crippen LogP contribution in [0.1, 0.15) is 12.2 Å². The van der Waals surface area contributed by atoms with Crippen molar-refractivity contribution in [2.45, 2.75) is 17.7 Å². The van der Waals surface area contributed by atoms with Crippen molar-refractivity contribution in [3.05, 3.63) is 54.4 Å². The molecule has 1 atom stereocenters. The maximum absolute atomic E-state index is 12.5. The lowest BCUT2D eigenvalue weighted by Crippen LogP contribution is -2.34. The molecule has 0 saturated carbocycles. The molecule has 144 valence electrons. The summed E-state index contributed by atoms with van der Waals surface area (Å²) in [7, 11) is 0. The minimum absolute atomic E-state index is 0.00524. The Morgan fingerprint density at radius 3 is 2.79 bits per heavy atom. The number of hydrogen-bond donors (Lipinski definition) is 2. The molecular weight excluding hydrogens is 372 g/mol. The molecule has 4 rings (SSSR count). The number of aromatic amines is 1. The van der Waals surface area contributed by atoms with Crippen molar-refractivity contribution < 1.29 is 9.59 Å². The number of fused-ring (bicyclic) bond motifs is 1. The van der Waals surface area contributed by atoms with E-state index in [0.29, 0.717) is 19.5 Å². The number of nitrogens with zero attached hydrogens (tertiary/aromatic N) is 2. The Morgan fingerprint density at radius 1 is 1.25 bits per heavy atom. The van der Waals surface area contributed by atoms with Gasteiger partial charge in [-0.05, 0) is 42.7 Å². The molecule has 6 nitrogen and oxygen atoms in total. The quantitative estimate of drug-likeness (QED) is 0.630. The average Bonchev–Trinajstić information content (AvgIpc) is 3.31. The van der Waals surface area contributed by atoms with Crippen LogP contribution in [0.25, 0.3) is 11.0 Å². The first kappa shape index (κ1) is 18.6. The van der Waals surface area contributed by atoms with Gasteiger partial charge in [0.15, 0.2) is 0 Å². The molecule has 1 aromatic heterocycles. The molecular formula is C21H22N4O2S. The molecule has 7 heteroatoms. The number of H-pyrrole nitrogens is 1. The predicted molar refractivity (Wildman–Crippen MR) is 111 cm³/mol. The van der Waals surface area contributed by atoms with E-state index in [-0.39, 0.29) is 24.2 Å². The molecule has 2 aromatic carbocycles. The maximum Gasteiger partial charge on any atom is 0.227 e. The lowest BCUT2D eigenvalue weighted by molar-refractivity contribution is -0.126. The van der Waals surface area contributed by atoms with Crippen molar-refractivity contribution >= 4 is 40.3 Å². The van der Waals surface area contributed by atoms with Crippen molar-refractivity contribution in [1.29, 1.82) is 0 Å². The molecule has 0 spiro atoms. The molecule has 0 radical (unpaired) electrons. The topological polar surface area (TPSA) is 78.1 Å². The third-order valence-corrected chi connectivity index (χ3v) is 5.72. The number of rotatable bonds is 6. The average molecular weight is 395 g/mol. The van der Waals surface area contributed by atoms with Crippen LogP contribution in [-0.2, 0) is 16.0 Å². The first-order valence-corrected chi connectivity index (χ1v) is 10.5. The summed E-state index contributed by atoms with van der Waals surface area (Å²) in [6.45, 7) is 0.916. The summed E-state index contributed by atoms with van der Waals surface area (Å²) in [6.07, 6.45) is 2.89. The highest BCUT2D eigenvalue weighted by Crippen LogP contribution is 2.27. The zero-order chi connectivity index (χ0) is 19.5. The second-order valence-corrected chi connectivity index (χ2v) is 7.72. The number of amides is 2. The van der Waals surface area contributed by atoms with E-state index >= 15 is 0 Å². The standard InChI is InChI=1S/C21H22N4O2S/c1-28-16-8-6-15(7-9-16)25-13-14(12-20(25)26)21(27)22-11-10-19-23-17-4-2-3-5-18(17)24-19/h2-9,14H,10-13H2,1H3,(H,22,27)(H,23,24). The molecule has 0 bridgehead atoms. The Morgan fingerprint density at radius 2 is 2.04 bits per heavy atom. The van der Waals surface area contributed by atoms with E-state index < -0.39 is 0 Å². The summed E-state index contributed by atoms with van der Waals surface area (Å²) in [4.78, 5) is 35.5. The largest absolute Gasteiger partial charge is 0.355 e. The van der Waals surface area contributed by atoms with E-state index in [1.807, 2.05) is 54.8 Å². The highest BCUT2D eigenvalue weighted by atomic mass is 32.2. The Bertz CT molecular complexity index is 966. The fourth-order valence-electron chi connectivity index (χ4n) is 3.47. The summed E-state index contributed by atoms with van der Waals surface area (Å²) < 4.78 is 0. The monoisotopic (exact) mass is 394 g/mol. The Hall–Kier alpha value is -2.80. The number of anilines is 1. The third kappa shape index (κ3) is 3.89. The lowest BCUT2D eigenvalue weighted by Gasteiger charge is -2.17. The normalized spacial score (nSPS) is 16.7. The van der Waals surface area contributed by atoms with E-state index in [2.05, 4.69) is 15.3 Å².